The molecule has 2 aliphatic rings. The Labute approximate surface area is 162 Å². The van der Waals surface area contributed by atoms with Crippen molar-refractivity contribution in [1.29, 1.82) is 0 Å². The Balaban J connectivity index is 1.69. The Morgan fingerprint density at radius 3 is 2.48 bits per heavy atom. The Kier molecular flexibility index (Phi) is 6.20. The van der Waals surface area contributed by atoms with E-state index < -0.39 is 0 Å². The number of likely N-dealkylation sites (N-methyl/N-ethyl adjacent to an activating group) is 1. The van der Waals surface area contributed by atoms with E-state index in [9.17, 15) is 9.59 Å². The SMILES string of the molecule is CCN1CC2(CCN(C(=O)COC(C)C)CC2)CC(c2ccccc2)C1=O. The fourth-order valence-corrected chi connectivity index (χ4v) is 4.42. The van der Waals surface area contributed by atoms with Gasteiger partial charge in [-0.25, -0.2) is 0 Å². The number of benzene rings is 1. The maximum absolute atomic E-state index is 12.9. The van der Waals surface area contributed by atoms with Crippen LogP contribution < -0.4 is 0 Å². The van der Waals surface area contributed by atoms with E-state index in [1.807, 2.05) is 41.8 Å². The first-order valence-electron chi connectivity index (χ1n) is 10.2. The fraction of sp³-hybridized carbons (Fsp3) is 0.636. The van der Waals surface area contributed by atoms with E-state index in [1.54, 1.807) is 0 Å². The molecule has 3 rings (SSSR count). The van der Waals surface area contributed by atoms with Crippen LogP contribution in [0.1, 0.15) is 51.5 Å². The molecule has 5 heteroatoms. The van der Waals surface area contributed by atoms with Crippen LogP contribution in [-0.4, -0.2) is 60.5 Å². The Bertz CT molecular complexity index is 651. The topological polar surface area (TPSA) is 49.9 Å². The van der Waals surface area contributed by atoms with E-state index in [1.165, 1.54) is 0 Å². The molecule has 0 N–H and O–H groups in total. The van der Waals surface area contributed by atoms with Crippen molar-refractivity contribution in [3.8, 4) is 0 Å². The number of carbonyl (C=O) groups excluding carboxylic acids is 2. The van der Waals surface area contributed by atoms with Gasteiger partial charge in [0.25, 0.3) is 0 Å². The first-order chi connectivity index (χ1) is 12.9. The van der Waals surface area contributed by atoms with Crippen molar-refractivity contribution < 1.29 is 14.3 Å². The molecular weight excluding hydrogens is 340 g/mol. The van der Waals surface area contributed by atoms with Crippen molar-refractivity contribution >= 4 is 11.8 Å². The van der Waals surface area contributed by atoms with Crippen LogP contribution in [0.5, 0.6) is 0 Å². The molecule has 5 nitrogen and oxygen atoms in total. The lowest BCUT2D eigenvalue weighted by atomic mass is 9.67. The molecule has 1 aromatic carbocycles. The van der Waals surface area contributed by atoms with Crippen LogP contribution in [0.2, 0.25) is 0 Å². The lowest BCUT2D eigenvalue weighted by Crippen LogP contribution is -2.54. The summed E-state index contributed by atoms with van der Waals surface area (Å²) >= 11 is 0. The summed E-state index contributed by atoms with van der Waals surface area (Å²) in [6.07, 6.45) is 2.86. The molecule has 1 unspecified atom stereocenters. The van der Waals surface area contributed by atoms with Gasteiger partial charge in [0.2, 0.25) is 11.8 Å². The number of nitrogens with zero attached hydrogens (tertiary/aromatic N) is 2. The van der Waals surface area contributed by atoms with Gasteiger partial charge in [0.15, 0.2) is 0 Å². The highest BCUT2D eigenvalue weighted by molar-refractivity contribution is 5.85. The highest BCUT2D eigenvalue weighted by atomic mass is 16.5. The zero-order valence-electron chi connectivity index (χ0n) is 16.8. The van der Waals surface area contributed by atoms with Crippen LogP contribution in [0.3, 0.4) is 0 Å². The van der Waals surface area contributed by atoms with Crippen molar-refractivity contribution in [1.82, 2.24) is 9.80 Å². The highest BCUT2D eigenvalue weighted by Gasteiger charge is 2.46. The number of rotatable bonds is 5. The van der Waals surface area contributed by atoms with Crippen molar-refractivity contribution in [2.24, 2.45) is 5.41 Å². The van der Waals surface area contributed by atoms with Crippen LogP contribution in [-0.2, 0) is 14.3 Å². The minimum Gasteiger partial charge on any atom is -0.369 e. The predicted molar refractivity (Wildman–Crippen MR) is 105 cm³/mol. The van der Waals surface area contributed by atoms with Crippen LogP contribution in [0.25, 0.3) is 0 Å². The third-order valence-corrected chi connectivity index (χ3v) is 6.07. The van der Waals surface area contributed by atoms with Crippen molar-refractivity contribution in [3.63, 3.8) is 0 Å². The molecule has 2 saturated heterocycles. The smallest absolute Gasteiger partial charge is 0.248 e. The quantitative estimate of drug-likeness (QED) is 0.798. The zero-order chi connectivity index (χ0) is 19.4. The van der Waals surface area contributed by atoms with Gasteiger partial charge in [-0.1, -0.05) is 30.3 Å². The summed E-state index contributed by atoms with van der Waals surface area (Å²) in [7, 11) is 0. The molecule has 2 fully saturated rings. The van der Waals surface area contributed by atoms with Crippen molar-refractivity contribution in [2.45, 2.75) is 52.1 Å². The monoisotopic (exact) mass is 372 g/mol. The molecule has 0 radical (unpaired) electrons. The molecule has 2 amide bonds. The van der Waals surface area contributed by atoms with Gasteiger partial charge in [-0.3, -0.25) is 9.59 Å². The van der Waals surface area contributed by atoms with Gasteiger partial charge in [-0.15, -0.1) is 0 Å². The first kappa shape index (κ1) is 19.9. The highest BCUT2D eigenvalue weighted by Crippen LogP contribution is 2.45. The number of likely N-dealkylation sites (tertiary alicyclic amines) is 2. The molecule has 2 aliphatic heterocycles. The van der Waals surface area contributed by atoms with Gasteiger partial charge in [0.1, 0.15) is 6.61 Å². The Hall–Kier alpha value is -1.88. The third kappa shape index (κ3) is 4.52. The summed E-state index contributed by atoms with van der Waals surface area (Å²) in [5.41, 5.74) is 1.23. The molecule has 0 saturated carbocycles. The molecule has 0 bridgehead atoms. The standard InChI is InChI=1S/C22H32N2O3/c1-4-23-16-22(14-19(21(23)26)18-8-6-5-7-9-18)10-12-24(13-11-22)20(25)15-27-17(2)3/h5-9,17,19H,4,10-16H2,1-3H3. The third-order valence-electron chi connectivity index (χ3n) is 6.07. The minimum absolute atomic E-state index is 0.0635. The fourth-order valence-electron chi connectivity index (χ4n) is 4.42. The normalized spacial score (nSPS) is 22.5. The lowest BCUT2D eigenvalue weighted by Gasteiger charge is -2.49. The van der Waals surface area contributed by atoms with Crippen LogP contribution in [0, 0.1) is 5.41 Å². The zero-order valence-corrected chi connectivity index (χ0v) is 16.8. The maximum atomic E-state index is 12.9. The Morgan fingerprint density at radius 1 is 1.22 bits per heavy atom. The molecular formula is C22H32N2O3. The number of amides is 2. The summed E-state index contributed by atoms with van der Waals surface area (Å²) in [6.45, 7) is 9.19. The van der Waals surface area contributed by atoms with Crippen molar-refractivity contribution in [2.75, 3.05) is 32.8 Å². The summed E-state index contributed by atoms with van der Waals surface area (Å²) in [4.78, 5) is 29.3. The predicted octanol–water partition coefficient (Wildman–Crippen LogP) is 3.06. The van der Waals surface area contributed by atoms with E-state index in [2.05, 4.69) is 19.1 Å². The number of hydrogen-bond acceptors (Lipinski definition) is 3. The molecule has 2 heterocycles. The molecule has 27 heavy (non-hydrogen) atoms. The summed E-state index contributed by atoms with van der Waals surface area (Å²) in [6, 6.07) is 10.1. The van der Waals surface area contributed by atoms with Crippen LogP contribution in [0.15, 0.2) is 30.3 Å². The summed E-state index contributed by atoms with van der Waals surface area (Å²) in [5, 5.41) is 0. The second kappa shape index (κ2) is 8.42. The van der Waals surface area contributed by atoms with E-state index in [4.69, 9.17) is 4.74 Å². The van der Waals surface area contributed by atoms with Crippen LogP contribution in [0.4, 0.5) is 0 Å². The van der Waals surface area contributed by atoms with Gasteiger partial charge >= 0.3 is 0 Å². The molecule has 1 atom stereocenters. The van der Waals surface area contributed by atoms with E-state index >= 15 is 0 Å². The molecule has 1 aromatic rings. The van der Waals surface area contributed by atoms with Gasteiger partial charge in [-0.2, -0.15) is 0 Å². The van der Waals surface area contributed by atoms with Gasteiger partial charge < -0.3 is 14.5 Å². The summed E-state index contributed by atoms with van der Waals surface area (Å²) < 4.78 is 5.47. The first-order valence-corrected chi connectivity index (χ1v) is 10.2. The Morgan fingerprint density at radius 2 is 1.89 bits per heavy atom. The molecule has 0 aliphatic carbocycles. The number of hydrogen-bond donors (Lipinski definition) is 0. The van der Waals surface area contributed by atoms with Crippen LogP contribution >= 0.6 is 0 Å². The van der Waals surface area contributed by atoms with Crippen molar-refractivity contribution in [3.05, 3.63) is 35.9 Å². The average molecular weight is 373 g/mol. The van der Waals surface area contributed by atoms with E-state index in [0.29, 0.717) is 0 Å². The van der Waals surface area contributed by atoms with Gasteiger partial charge in [0, 0.05) is 26.2 Å². The number of piperidine rings is 2. The summed E-state index contributed by atoms with van der Waals surface area (Å²) in [5.74, 6) is 0.266. The number of carbonyl (C=O) groups is 2. The lowest BCUT2D eigenvalue weighted by molar-refractivity contribution is -0.146. The van der Waals surface area contributed by atoms with Gasteiger partial charge in [0.05, 0.1) is 12.0 Å². The molecule has 148 valence electrons. The second-order valence-electron chi connectivity index (χ2n) is 8.26. The average Bonchev–Trinajstić information content (AvgIpc) is 2.69. The van der Waals surface area contributed by atoms with E-state index in [0.717, 1.165) is 51.0 Å². The van der Waals surface area contributed by atoms with E-state index in [-0.39, 0.29) is 35.9 Å². The number of ether oxygens (including phenoxy) is 1. The maximum Gasteiger partial charge on any atom is 0.248 e. The second-order valence-corrected chi connectivity index (χ2v) is 8.26. The molecule has 1 spiro atoms. The minimum atomic E-state index is -0.0635. The van der Waals surface area contributed by atoms with Gasteiger partial charge in [-0.05, 0) is 51.0 Å². The molecule has 0 aromatic heterocycles. The largest absolute Gasteiger partial charge is 0.369 e.